The average Bonchev–Trinajstić information content (AvgIpc) is 2.78. The summed E-state index contributed by atoms with van der Waals surface area (Å²) in [5.74, 6) is -1.02. The number of hydrogen-bond acceptors (Lipinski definition) is 4. The first-order chi connectivity index (χ1) is 14.9. The number of hydrogen-bond donors (Lipinski definition) is 1. The van der Waals surface area contributed by atoms with Crippen LogP contribution in [0.5, 0.6) is 0 Å². The smallest absolute Gasteiger partial charge is 0.262 e. The largest absolute Gasteiger partial charge is 0.383 e. The van der Waals surface area contributed by atoms with Crippen molar-refractivity contribution in [2.45, 2.75) is 11.4 Å². The molecule has 0 fully saturated rings. The van der Waals surface area contributed by atoms with E-state index in [-0.39, 0.29) is 22.1 Å². The minimum absolute atomic E-state index is 0.131. The number of halogens is 1. The summed E-state index contributed by atoms with van der Waals surface area (Å²) in [6.07, 6.45) is 0. The van der Waals surface area contributed by atoms with Crippen LogP contribution >= 0.6 is 0 Å². The fourth-order valence-electron chi connectivity index (χ4n) is 2.98. The molecule has 0 saturated heterocycles. The van der Waals surface area contributed by atoms with E-state index >= 15 is 0 Å². The molecule has 0 unspecified atom stereocenters. The van der Waals surface area contributed by atoms with Crippen molar-refractivity contribution in [3.63, 3.8) is 0 Å². The van der Waals surface area contributed by atoms with Gasteiger partial charge in [0, 0.05) is 25.8 Å². The van der Waals surface area contributed by atoms with Crippen molar-refractivity contribution in [1.29, 1.82) is 0 Å². The number of carbonyl (C=O) groups excluding carboxylic acids is 1. The summed E-state index contributed by atoms with van der Waals surface area (Å²) in [5.41, 5.74) is 0.991. The van der Waals surface area contributed by atoms with Crippen molar-refractivity contribution in [1.82, 2.24) is 4.90 Å². The van der Waals surface area contributed by atoms with Gasteiger partial charge in [0.2, 0.25) is 0 Å². The maximum Gasteiger partial charge on any atom is 0.262 e. The Hall–Kier alpha value is -3.23. The Kier molecular flexibility index (Phi) is 7.38. The normalized spacial score (nSPS) is 11.2. The van der Waals surface area contributed by atoms with E-state index in [2.05, 4.69) is 4.72 Å². The molecule has 6 nitrogen and oxygen atoms in total. The van der Waals surface area contributed by atoms with Crippen molar-refractivity contribution in [2.24, 2.45) is 0 Å². The summed E-state index contributed by atoms with van der Waals surface area (Å²) >= 11 is 0. The molecule has 0 bridgehead atoms. The Morgan fingerprint density at radius 2 is 1.71 bits per heavy atom. The van der Waals surface area contributed by atoms with Crippen LogP contribution in [0.3, 0.4) is 0 Å². The van der Waals surface area contributed by atoms with Gasteiger partial charge >= 0.3 is 0 Å². The number of sulfonamides is 1. The molecule has 0 aliphatic heterocycles. The van der Waals surface area contributed by atoms with Crippen LogP contribution < -0.4 is 4.72 Å². The van der Waals surface area contributed by atoms with Gasteiger partial charge in [-0.15, -0.1) is 0 Å². The molecule has 0 aliphatic carbocycles. The third kappa shape index (κ3) is 5.90. The Bertz CT molecular complexity index is 1140. The summed E-state index contributed by atoms with van der Waals surface area (Å²) in [6.45, 7) is 1.04. The fourth-order valence-corrected chi connectivity index (χ4v) is 4.10. The first-order valence-electron chi connectivity index (χ1n) is 9.60. The number of nitrogens with zero attached hydrogens (tertiary/aromatic N) is 1. The van der Waals surface area contributed by atoms with Gasteiger partial charge in [-0.3, -0.25) is 9.52 Å². The summed E-state index contributed by atoms with van der Waals surface area (Å²) in [4.78, 5) is 14.6. The Labute approximate surface area is 181 Å². The molecule has 0 aliphatic rings. The lowest BCUT2D eigenvalue weighted by molar-refractivity contribution is 0.0680. The molecule has 0 saturated carbocycles. The van der Waals surface area contributed by atoms with E-state index in [4.69, 9.17) is 4.74 Å². The molecule has 8 heteroatoms. The number of ether oxygens (including phenoxy) is 1. The zero-order valence-electron chi connectivity index (χ0n) is 17.0. The summed E-state index contributed by atoms with van der Waals surface area (Å²) in [5, 5.41) is 0. The Balaban J connectivity index is 1.85. The second-order valence-electron chi connectivity index (χ2n) is 6.82. The second kappa shape index (κ2) is 10.2. The highest BCUT2D eigenvalue weighted by molar-refractivity contribution is 7.92. The highest BCUT2D eigenvalue weighted by Crippen LogP contribution is 2.20. The number of carbonyl (C=O) groups is 1. The van der Waals surface area contributed by atoms with E-state index in [1.54, 1.807) is 18.1 Å². The Morgan fingerprint density at radius 3 is 2.42 bits per heavy atom. The van der Waals surface area contributed by atoms with E-state index in [0.29, 0.717) is 19.7 Å². The molecule has 1 amide bonds. The molecule has 0 spiro atoms. The maximum atomic E-state index is 13.9. The molecule has 1 N–H and O–H groups in total. The van der Waals surface area contributed by atoms with Crippen LogP contribution in [0.2, 0.25) is 0 Å². The van der Waals surface area contributed by atoms with Gasteiger partial charge in [-0.1, -0.05) is 48.5 Å². The Morgan fingerprint density at radius 1 is 1.00 bits per heavy atom. The zero-order chi connectivity index (χ0) is 22.3. The van der Waals surface area contributed by atoms with Gasteiger partial charge in [-0.25, -0.2) is 12.8 Å². The number of para-hydroxylation sites is 1. The summed E-state index contributed by atoms with van der Waals surface area (Å²) in [7, 11) is -2.53. The number of amides is 1. The summed E-state index contributed by atoms with van der Waals surface area (Å²) in [6, 6.07) is 20.6. The maximum absolute atomic E-state index is 13.9. The number of nitrogens with one attached hydrogen (secondary N) is 1. The van der Waals surface area contributed by atoms with Crippen LogP contribution in [-0.2, 0) is 21.3 Å². The topological polar surface area (TPSA) is 75.7 Å². The first kappa shape index (κ1) is 22.5. The minimum Gasteiger partial charge on any atom is -0.383 e. The van der Waals surface area contributed by atoms with Crippen LogP contribution in [0.15, 0.2) is 83.8 Å². The highest BCUT2D eigenvalue weighted by atomic mass is 32.2. The van der Waals surface area contributed by atoms with Crippen molar-refractivity contribution >= 4 is 21.6 Å². The zero-order valence-corrected chi connectivity index (χ0v) is 17.8. The molecule has 0 atom stereocenters. The van der Waals surface area contributed by atoms with E-state index in [1.165, 1.54) is 36.4 Å². The van der Waals surface area contributed by atoms with Crippen LogP contribution in [0.4, 0.5) is 10.1 Å². The standard InChI is InChI=1S/C23H23FN2O4S/c1-30-15-14-26(17-18-8-3-2-4-9-18)23(27)19-10-7-11-20(16-19)31(28,29)25-22-13-6-5-12-21(22)24/h2-13,16,25H,14-15,17H2,1H3. The highest BCUT2D eigenvalue weighted by Gasteiger charge is 2.21. The lowest BCUT2D eigenvalue weighted by Gasteiger charge is -2.23. The van der Waals surface area contributed by atoms with Crippen LogP contribution in [0, 0.1) is 5.82 Å². The molecule has 0 heterocycles. The molecule has 3 aromatic carbocycles. The van der Waals surface area contributed by atoms with Crippen LogP contribution in [0.1, 0.15) is 15.9 Å². The SMILES string of the molecule is COCCN(Cc1ccccc1)C(=O)c1cccc(S(=O)(=O)Nc2ccccc2F)c1. The predicted octanol–water partition coefficient (Wildman–Crippen LogP) is 3.92. The molecule has 0 aromatic heterocycles. The van der Waals surface area contributed by atoms with Gasteiger partial charge in [0.15, 0.2) is 0 Å². The molecular weight excluding hydrogens is 419 g/mol. The van der Waals surface area contributed by atoms with E-state index < -0.39 is 15.8 Å². The minimum atomic E-state index is -4.08. The van der Waals surface area contributed by atoms with Gasteiger partial charge in [0.05, 0.1) is 17.2 Å². The number of anilines is 1. The van der Waals surface area contributed by atoms with Gasteiger partial charge < -0.3 is 9.64 Å². The van der Waals surface area contributed by atoms with E-state index in [9.17, 15) is 17.6 Å². The third-order valence-corrected chi connectivity index (χ3v) is 5.94. The van der Waals surface area contributed by atoms with Crippen molar-refractivity contribution in [3.8, 4) is 0 Å². The van der Waals surface area contributed by atoms with Crippen molar-refractivity contribution in [3.05, 3.63) is 95.8 Å². The average molecular weight is 443 g/mol. The predicted molar refractivity (Wildman–Crippen MR) is 117 cm³/mol. The van der Waals surface area contributed by atoms with E-state index in [1.807, 2.05) is 30.3 Å². The third-order valence-electron chi connectivity index (χ3n) is 4.58. The second-order valence-corrected chi connectivity index (χ2v) is 8.50. The molecule has 0 radical (unpaired) electrons. The number of methoxy groups -OCH3 is 1. The molecule has 3 aromatic rings. The lowest BCUT2D eigenvalue weighted by atomic mass is 10.1. The van der Waals surface area contributed by atoms with Gasteiger partial charge in [-0.2, -0.15) is 0 Å². The van der Waals surface area contributed by atoms with Gasteiger partial charge in [0.25, 0.3) is 15.9 Å². The van der Waals surface area contributed by atoms with Gasteiger partial charge in [-0.05, 0) is 35.9 Å². The van der Waals surface area contributed by atoms with E-state index in [0.717, 1.165) is 11.6 Å². The van der Waals surface area contributed by atoms with Gasteiger partial charge in [0.1, 0.15) is 5.82 Å². The molecular formula is C23H23FN2O4S. The van der Waals surface area contributed by atoms with Crippen LogP contribution in [-0.4, -0.2) is 39.5 Å². The molecule has 162 valence electrons. The lowest BCUT2D eigenvalue weighted by Crippen LogP contribution is -2.33. The summed E-state index contributed by atoms with van der Waals surface area (Å²) < 4.78 is 46.7. The quantitative estimate of drug-likeness (QED) is 0.545. The number of rotatable bonds is 9. The molecule has 3 rings (SSSR count). The van der Waals surface area contributed by atoms with Crippen LogP contribution in [0.25, 0.3) is 0 Å². The molecule has 31 heavy (non-hydrogen) atoms. The van der Waals surface area contributed by atoms with Crippen molar-refractivity contribution in [2.75, 3.05) is 25.0 Å². The fraction of sp³-hybridized carbons (Fsp3) is 0.174. The number of benzene rings is 3. The first-order valence-corrected chi connectivity index (χ1v) is 11.1. The monoisotopic (exact) mass is 442 g/mol. The van der Waals surface area contributed by atoms with Crippen molar-refractivity contribution < 1.29 is 22.3 Å².